The standard InChI is InChI=1S/C25H29N3O5/c1-18(29)26-24(17-20-8-5-9-22(16-20)28(31)32)25(30)27-21-10-12-23(13-11-21)33-15-14-19-6-3-2-4-7-19/h5,8-13,16-17,19H,2-4,6-7,14-15H2,1H3,(H,26,29)(H,27,30)/b24-17+. The summed E-state index contributed by atoms with van der Waals surface area (Å²) in [7, 11) is 0. The van der Waals surface area contributed by atoms with Crippen molar-refractivity contribution in [3.05, 3.63) is 69.9 Å². The van der Waals surface area contributed by atoms with Gasteiger partial charge in [0, 0.05) is 24.7 Å². The maximum Gasteiger partial charge on any atom is 0.272 e. The smallest absolute Gasteiger partial charge is 0.272 e. The Kier molecular flexibility index (Phi) is 8.57. The highest BCUT2D eigenvalue weighted by Gasteiger charge is 2.14. The van der Waals surface area contributed by atoms with Crippen LogP contribution in [0.3, 0.4) is 0 Å². The highest BCUT2D eigenvalue weighted by atomic mass is 16.6. The number of amides is 2. The SMILES string of the molecule is CC(=O)N/C(=C/c1cccc([N+](=O)[O-])c1)C(=O)Nc1ccc(OCCC2CCCCC2)cc1. The molecule has 1 saturated carbocycles. The molecule has 3 rings (SSSR count). The fourth-order valence-corrected chi connectivity index (χ4v) is 3.90. The molecule has 0 atom stereocenters. The summed E-state index contributed by atoms with van der Waals surface area (Å²) in [6, 6.07) is 12.8. The Morgan fingerprint density at radius 2 is 1.85 bits per heavy atom. The number of hydrogen-bond acceptors (Lipinski definition) is 5. The van der Waals surface area contributed by atoms with Crippen molar-refractivity contribution in [2.45, 2.75) is 45.4 Å². The van der Waals surface area contributed by atoms with Gasteiger partial charge in [0.2, 0.25) is 5.91 Å². The largest absolute Gasteiger partial charge is 0.494 e. The van der Waals surface area contributed by atoms with E-state index in [1.165, 1.54) is 63.3 Å². The topological polar surface area (TPSA) is 111 Å². The molecule has 2 amide bonds. The minimum Gasteiger partial charge on any atom is -0.494 e. The first-order valence-corrected chi connectivity index (χ1v) is 11.2. The van der Waals surface area contributed by atoms with Crippen LogP contribution < -0.4 is 15.4 Å². The van der Waals surface area contributed by atoms with Crippen LogP contribution >= 0.6 is 0 Å². The number of hydrogen-bond donors (Lipinski definition) is 2. The molecular weight excluding hydrogens is 422 g/mol. The van der Waals surface area contributed by atoms with Gasteiger partial charge in [0.15, 0.2) is 0 Å². The Morgan fingerprint density at radius 3 is 2.52 bits per heavy atom. The van der Waals surface area contributed by atoms with Crippen molar-refractivity contribution in [2.24, 2.45) is 5.92 Å². The normalized spacial score (nSPS) is 14.4. The molecule has 0 saturated heterocycles. The Balaban J connectivity index is 1.61. The molecule has 1 aliphatic rings. The Labute approximate surface area is 193 Å². The number of carbonyl (C=O) groups is 2. The zero-order valence-corrected chi connectivity index (χ0v) is 18.7. The third-order valence-corrected chi connectivity index (χ3v) is 5.58. The molecule has 2 aromatic rings. The minimum atomic E-state index is -0.539. The van der Waals surface area contributed by atoms with Crippen molar-refractivity contribution in [1.29, 1.82) is 0 Å². The highest BCUT2D eigenvalue weighted by Crippen LogP contribution is 2.26. The van der Waals surface area contributed by atoms with Crippen molar-refractivity contribution in [2.75, 3.05) is 11.9 Å². The van der Waals surface area contributed by atoms with Crippen LogP contribution in [0.25, 0.3) is 6.08 Å². The van der Waals surface area contributed by atoms with Crippen LogP contribution in [0.15, 0.2) is 54.2 Å². The van der Waals surface area contributed by atoms with Crippen molar-refractivity contribution in [3.63, 3.8) is 0 Å². The predicted molar refractivity (Wildman–Crippen MR) is 127 cm³/mol. The summed E-state index contributed by atoms with van der Waals surface area (Å²) in [5, 5.41) is 16.2. The van der Waals surface area contributed by atoms with Crippen LogP contribution in [0.4, 0.5) is 11.4 Å². The van der Waals surface area contributed by atoms with Gasteiger partial charge in [-0.25, -0.2) is 0 Å². The second-order valence-electron chi connectivity index (χ2n) is 8.21. The number of non-ortho nitro benzene ring substituents is 1. The van der Waals surface area contributed by atoms with Gasteiger partial charge in [-0.1, -0.05) is 44.2 Å². The van der Waals surface area contributed by atoms with Crippen LogP contribution in [0.1, 0.15) is 51.0 Å². The van der Waals surface area contributed by atoms with Gasteiger partial charge in [-0.15, -0.1) is 0 Å². The predicted octanol–water partition coefficient (Wildman–Crippen LogP) is 5.06. The van der Waals surface area contributed by atoms with Crippen LogP contribution in [0.2, 0.25) is 0 Å². The van der Waals surface area contributed by atoms with Gasteiger partial charge in [-0.2, -0.15) is 0 Å². The summed E-state index contributed by atoms with van der Waals surface area (Å²) < 4.78 is 5.84. The van der Waals surface area contributed by atoms with Gasteiger partial charge < -0.3 is 15.4 Å². The number of nitro groups is 1. The molecular formula is C25H29N3O5. The Bertz CT molecular complexity index is 1010. The zero-order valence-electron chi connectivity index (χ0n) is 18.7. The molecule has 33 heavy (non-hydrogen) atoms. The van der Waals surface area contributed by atoms with E-state index in [0.29, 0.717) is 17.9 Å². The molecule has 1 fully saturated rings. The third-order valence-electron chi connectivity index (χ3n) is 5.58. The van der Waals surface area contributed by atoms with Crippen LogP contribution in [0, 0.1) is 16.0 Å². The van der Waals surface area contributed by atoms with E-state index in [1.54, 1.807) is 30.3 Å². The molecule has 8 heteroatoms. The lowest BCUT2D eigenvalue weighted by Gasteiger charge is -2.21. The number of anilines is 1. The summed E-state index contributed by atoms with van der Waals surface area (Å²) in [4.78, 5) is 34.8. The lowest BCUT2D eigenvalue weighted by atomic mass is 9.87. The minimum absolute atomic E-state index is 0.0178. The molecule has 174 valence electrons. The number of nitrogens with one attached hydrogen (secondary N) is 2. The average molecular weight is 452 g/mol. The Hall–Kier alpha value is -3.68. The van der Waals surface area contributed by atoms with E-state index in [1.807, 2.05) is 0 Å². The molecule has 0 aromatic heterocycles. The van der Waals surface area contributed by atoms with Crippen molar-refractivity contribution < 1.29 is 19.2 Å². The fourth-order valence-electron chi connectivity index (χ4n) is 3.90. The summed E-state index contributed by atoms with van der Waals surface area (Å²) in [5.41, 5.74) is 0.834. The average Bonchev–Trinajstić information content (AvgIpc) is 2.80. The van der Waals surface area contributed by atoms with Crippen molar-refractivity contribution in [1.82, 2.24) is 5.32 Å². The van der Waals surface area contributed by atoms with E-state index in [2.05, 4.69) is 10.6 Å². The summed E-state index contributed by atoms with van der Waals surface area (Å²) in [5.74, 6) is 0.520. The fraction of sp³-hybridized carbons (Fsp3) is 0.360. The monoisotopic (exact) mass is 451 g/mol. The first-order chi connectivity index (χ1) is 15.9. The lowest BCUT2D eigenvalue weighted by Crippen LogP contribution is -2.28. The summed E-state index contributed by atoms with van der Waals surface area (Å²) in [6.07, 6.45) is 9.00. The van der Waals surface area contributed by atoms with Crippen molar-refractivity contribution in [3.8, 4) is 5.75 Å². The van der Waals surface area contributed by atoms with Crippen molar-refractivity contribution >= 4 is 29.3 Å². The van der Waals surface area contributed by atoms with E-state index in [-0.39, 0.29) is 11.4 Å². The van der Waals surface area contributed by atoms with E-state index >= 15 is 0 Å². The number of nitrogens with zero attached hydrogens (tertiary/aromatic N) is 1. The van der Waals surface area contributed by atoms with Gasteiger partial charge in [-0.05, 0) is 48.2 Å². The maximum atomic E-state index is 12.7. The second kappa shape index (κ2) is 11.8. The molecule has 1 aliphatic carbocycles. The van der Waals surface area contributed by atoms with E-state index in [9.17, 15) is 19.7 Å². The van der Waals surface area contributed by atoms with Gasteiger partial charge in [0.1, 0.15) is 11.4 Å². The summed E-state index contributed by atoms with van der Waals surface area (Å²) in [6.45, 7) is 1.96. The molecule has 0 radical (unpaired) electrons. The molecule has 0 aliphatic heterocycles. The van der Waals surface area contributed by atoms with Gasteiger partial charge in [-0.3, -0.25) is 19.7 Å². The number of carbonyl (C=O) groups excluding carboxylic acids is 2. The summed E-state index contributed by atoms with van der Waals surface area (Å²) >= 11 is 0. The van der Waals surface area contributed by atoms with Gasteiger partial charge in [0.05, 0.1) is 11.5 Å². The van der Waals surface area contributed by atoms with Crippen LogP contribution in [-0.2, 0) is 9.59 Å². The Morgan fingerprint density at radius 1 is 1.12 bits per heavy atom. The number of benzene rings is 2. The van der Waals surface area contributed by atoms with Gasteiger partial charge >= 0.3 is 0 Å². The van der Waals surface area contributed by atoms with Crippen LogP contribution in [0.5, 0.6) is 5.75 Å². The highest BCUT2D eigenvalue weighted by molar-refractivity contribution is 6.08. The number of ether oxygens (including phenoxy) is 1. The lowest BCUT2D eigenvalue weighted by molar-refractivity contribution is -0.384. The van der Waals surface area contributed by atoms with E-state index in [4.69, 9.17) is 4.74 Å². The first-order valence-electron chi connectivity index (χ1n) is 11.2. The third kappa shape index (κ3) is 7.75. The molecule has 0 unspecified atom stereocenters. The first kappa shape index (κ1) is 24.0. The number of nitro benzene ring substituents is 1. The van der Waals surface area contributed by atoms with E-state index in [0.717, 1.165) is 18.1 Å². The quantitative estimate of drug-likeness (QED) is 0.314. The molecule has 8 nitrogen and oxygen atoms in total. The van der Waals surface area contributed by atoms with Crippen LogP contribution in [-0.4, -0.2) is 23.3 Å². The molecule has 2 N–H and O–H groups in total. The second-order valence-corrected chi connectivity index (χ2v) is 8.21. The van der Waals surface area contributed by atoms with E-state index < -0.39 is 16.7 Å². The van der Waals surface area contributed by atoms with Gasteiger partial charge in [0.25, 0.3) is 11.6 Å². The molecule has 2 aromatic carbocycles. The molecule has 0 bridgehead atoms. The molecule has 0 heterocycles. The maximum absolute atomic E-state index is 12.7. The zero-order chi connectivity index (χ0) is 23.6. The molecule has 0 spiro atoms. The number of rotatable bonds is 9.